The molecule has 2 heterocycles. The molecule has 77 heavy (non-hydrogen) atoms. The Morgan fingerprint density at radius 1 is 0.584 bits per heavy atom. The van der Waals surface area contributed by atoms with Crippen LogP contribution in [0.4, 0.5) is 0 Å². The molecule has 5 aromatic carbocycles. The van der Waals surface area contributed by atoms with Gasteiger partial charge in [0.2, 0.25) is 11.8 Å². The number of halogens is 4. The molecule has 6 N–H and O–H groups in total. The van der Waals surface area contributed by atoms with Crippen molar-refractivity contribution < 1.29 is 19.2 Å². The van der Waals surface area contributed by atoms with E-state index < -0.39 is 0 Å². The Bertz CT molecular complexity index is 2640. The van der Waals surface area contributed by atoms with Crippen LogP contribution in [0.3, 0.4) is 0 Å². The normalized spacial score (nSPS) is 18.8. The van der Waals surface area contributed by atoms with Crippen LogP contribution in [0.25, 0.3) is 0 Å². The van der Waals surface area contributed by atoms with Crippen LogP contribution in [0.15, 0.2) is 127 Å². The molecular weight excluding hydrogens is 1050 g/mol. The van der Waals surface area contributed by atoms with Gasteiger partial charge >= 0.3 is 0 Å². The van der Waals surface area contributed by atoms with E-state index in [-0.39, 0.29) is 65.2 Å². The van der Waals surface area contributed by atoms with Gasteiger partial charge in [-0.25, -0.2) is 0 Å². The van der Waals surface area contributed by atoms with E-state index in [1.54, 1.807) is 36.4 Å². The van der Waals surface area contributed by atoms with Crippen LogP contribution in [0.5, 0.6) is 0 Å². The number of carbonyl (C=O) groups is 4. The molecule has 0 radical (unpaired) electrons. The largest absolute Gasteiger partial charge is 0.350 e. The fourth-order valence-electron chi connectivity index (χ4n) is 9.76. The van der Waals surface area contributed by atoms with Crippen LogP contribution in [0.1, 0.15) is 122 Å². The summed E-state index contributed by atoms with van der Waals surface area (Å²) in [6.45, 7) is 16.3. The number of benzene rings is 5. The lowest BCUT2D eigenvalue weighted by Crippen LogP contribution is -2.50. The molecule has 16 heteroatoms. The van der Waals surface area contributed by atoms with Crippen LogP contribution in [-0.2, 0) is 16.1 Å². The van der Waals surface area contributed by atoms with E-state index in [1.165, 1.54) is 16.7 Å². The van der Waals surface area contributed by atoms with Crippen LogP contribution >= 0.6 is 46.4 Å². The Balaban J connectivity index is 0.000000250. The number of carbonyl (C=O) groups excluding carboxylic acids is 4. The predicted molar refractivity (Wildman–Crippen MR) is 315 cm³/mol. The first-order valence-corrected chi connectivity index (χ1v) is 28.7. The van der Waals surface area contributed by atoms with Gasteiger partial charge in [0.05, 0.1) is 32.2 Å². The van der Waals surface area contributed by atoms with Gasteiger partial charge in [-0.1, -0.05) is 151 Å². The molecule has 7 rings (SSSR count). The number of nitrogens with one attached hydrogen (secondary N) is 6. The maximum absolute atomic E-state index is 13.8. The van der Waals surface area contributed by atoms with Crippen molar-refractivity contribution in [3.63, 3.8) is 0 Å². The summed E-state index contributed by atoms with van der Waals surface area (Å²) in [4.78, 5) is 57.0. The predicted octanol–water partition coefficient (Wildman–Crippen LogP) is 10.9. The van der Waals surface area contributed by atoms with Crippen molar-refractivity contribution in [2.75, 3.05) is 52.4 Å². The Labute approximate surface area is 477 Å². The molecule has 5 aromatic rings. The van der Waals surface area contributed by atoms with Crippen LogP contribution in [0.2, 0.25) is 20.1 Å². The topological polar surface area (TPSA) is 147 Å². The number of hydrogen-bond acceptors (Lipinski definition) is 8. The van der Waals surface area contributed by atoms with Crippen molar-refractivity contribution in [1.29, 1.82) is 0 Å². The third kappa shape index (κ3) is 19.7. The van der Waals surface area contributed by atoms with Gasteiger partial charge in [-0.3, -0.25) is 19.2 Å². The lowest BCUT2D eigenvalue weighted by atomic mass is 9.95. The molecule has 2 fully saturated rings. The summed E-state index contributed by atoms with van der Waals surface area (Å²) >= 11 is 24.2. The van der Waals surface area contributed by atoms with Gasteiger partial charge in [0.15, 0.2) is 0 Å². The first-order chi connectivity index (χ1) is 37.0. The average molecular weight is 1130 g/mol. The van der Waals surface area contributed by atoms with Gasteiger partial charge in [0.25, 0.3) is 11.8 Å². The summed E-state index contributed by atoms with van der Waals surface area (Å²) in [6, 6.07) is 40.0. The van der Waals surface area contributed by atoms with Crippen molar-refractivity contribution in [2.45, 2.75) is 121 Å². The second kappa shape index (κ2) is 30.9. The van der Waals surface area contributed by atoms with Gasteiger partial charge in [-0.15, -0.1) is 0 Å². The second-order valence-electron chi connectivity index (χ2n) is 21.1. The standard InChI is InChI=1S/C32H38Cl2N4O2.C29H40Cl2N4O2/c1-2-24(25-11-7-4-8-12-25)22-38-18-16-27(21-36-31(39)26-13-14-28(33)29(34)19-26)37-30(32(38)40)15-17-35-20-23-9-5-3-6-10-23;1-5-20(21-9-7-6-8-10-21)19-35-16-14-23(34-26(28(35)37)13-15-33-29(2,3)4)18-32-27(36)22-11-12-24(30)25(31)17-22/h3-14,19,24,27,30,35,37H,2,15-18,20-22H2,1H3,(H,36,39);6-12,17,20,23,26,33-34H,5,13-16,18-19H2,1-4H3,(H,32,36)/t24-,27+,30+;20-,23+,26+/m11/s1. The van der Waals surface area contributed by atoms with E-state index in [4.69, 9.17) is 46.4 Å². The van der Waals surface area contributed by atoms with E-state index in [1.807, 2.05) is 40.1 Å². The first kappa shape index (κ1) is 61.2. The molecule has 2 aliphatic heterocycles. The SMILES string of the molecule is CC[C@H](CN1CC[C@@H](CNC(=O)c2ccc(Cl)c(Cl)c2)N[C@@H](CCNC(C)(C)C)C1=O)c1ccccc1.CC[C@H](CN1CC[C@@H](CNC(=O)c2ccc(Cl)c(Cl)c2)N[C@@H](CCNCc2ccccc2)C1=O)c1ccccc1. The molecule has 2 aliphatic rings. The van der Waals surface area contributed by atoms with E-state index >= 15 is 0 Å². The molecular formula is C61H78Cl4N8O4. The maximum Gasteiger partial charge on any atom is 0.251 e. The van der Waals surface area contributed by atoms with Crippen LogP contribution in [-0.4, -0.2) is 115 Å². The molecule has 414 valence electrons. The zero-order chi connectivity index (χ0) is 55.3. The quantitative estimate of drug-likeness (QED) is 0.0376. The summed E-state index contributed by atoms with van der Waals surface area (Å²) in [7, 11) is 0. The number of nitrogens with zero attached hydrogens (tertiary/aromatic N) is 2. The van der Waals surface area contributed by atoms with E-state index in [9.17, 15) is 19.2 Å². The number of hydrogen-bond donors (Lipinski definition) is 6. The van der Waals surface area contributed by atoms with Gasteiger partial charge in [0, 0.05) is 86.4 Å². The Morgan fingerprint density at radius 3 is 1.40 bits per heavy atom. The smallest absolute Gasteiger partial charge is 0.251 e. The average Bonchev–Trinajstić information content (AvgIpc) is 3.67. The van der Waals surface area contributed by atoms with Crippen molar-refractivity contribution in [3.05, 3.63) is 175 Å². The fraction of sp³-hybridized carbons (Fsp3) is 0.443. The monoisotopic (exact) mass is 1130 g/mol. The molecule has 0 aromatic heterocycles. The molecule has 2 saturated heterocycles. The summed E-state index contributed by atoms with van der Waals surface area (Å²) in [5, 5.41) is 21.6. The van der Waals surface area contributed by atoms with Crippen LogP contribution < -0.4 is 31.9 Å². The lowest BCUT2D eigenvalue weighted by molar-refractivity contribution is -0.133. The van der Waals surface area contributed by atoms with Crippen molar-refractivity contribution in [3.8, 4) is 0 Å². The third-order valence-corrected chi connectivity index (χ3v) is 15.7. The van der Waals surface area contributed by atoms with Gasteiger partial charge in [-0.05, 0) is 125 Å². The fourth-order valence-corrected chi connectivity index (χ4v) is 10.4. The molecule has 0 aliphatic carbocycles. The highest BCUT2D eigenvalue weighted by Gasteiger charge is 2.34. The minimum atomic E-state index is -0.342. The minimum Gasteiger partial charge on any atom is -0.350 e. The number of amides is 4. The summed E-state index contributed by atoms with van der Waals surface area (Å²) in [6.07, 6.45) is 4.73. The molecule has 0 spiro atoms. The Morgan fingerprint density at radius 2 is 1.00 bits per heavy atom. The second-order valence-corrected chi connectivity index (χ2v) is 22.7. The van der Waals surface area contributed by atoms with E-state index in [0.717, 1.165) is 38.8 Å². The number of rotatable bonds is 22. The maximum atomic E-state index is 13.8. The molecule has 6 atom stereocenters. The Kier molecular flexibility index (Phi) is 24.6. The van der Waals surface area contributed by atoms with Crippen LogP contribution in [0, 0.1) is 0 Å². The molecule has 4 amide bonds. The Hall–Kier alpha value is -5.02. The van der Waals surface area contributed by atoms with Crippen molar-refractivity contribution >= 4 is 70.0 Å². The summed E-state index contributed by atoms with van der Waals surface area (Å²) in [5.41, 5.74) is 4.60. The van der Waals surface area contributed by atoms with Crippen molar-refractivity contribution in [1.82, 2.24) is 41.7 Å². The molecule has 12 nitrogen and oxygen atoms in total. The summed E-state index contributed by atoms with van der Waals surface area (Å²) < 4.78 is 0. The van der Waals surface area contributed by atoms with Gasteiger partial charge in [0.1, 0.15) is 0 Å². The highest BCUT2D eigenvalue weighted by atomic mass is 35.5. The zero-order valence-electron chi connectivity index (χ0n) is 45.2. The van der Waals surface area contributed by atoms with Gasteiger partial charge in [-0.2, -0.15) is 0 Å². The summed E-state index contributed by atoms with van der Waals surface area (Å²) in [5.74, 6) is 0.368. The minimum absolute atomic E-state index is 0.0265. The first-order valence-electron chi connectivity index (χ1n) is 27.2. The lowest BCUT2D eigenvalue weighted by Gasteiger charge is -2.29. The van der Waals surface area contributed by atoms with Crippen molar-refractivity contribution in [2.24, 2.45) is 0 Å². The third-order valence-electron chi connectivity index (χ3n) is 14.2. The highest BCUT2D eigenvalue weighted by Crippen LogP contribution is 2.26. The highest BCUT2D eigenvalue weighted by molar-refractivity contribution is 6.42. The molecule has 0 saturated carbocycles. The van der Waals surface area contributed by atoms with Gasteiger partial charge < -0.3 is 41.7 Å². The molecule has 0 bridgehead atoms. The zero-order valence-corrected chi connectivity index (χ0v) is 48.3. The van der Waals surface area contributed by atoms with E-state index in [0.29, 0.717) is 89.9 Å². The molecule has 0 unspecified atom stereocenters. The van der Waals surface area contributed by atoms with E-state index in [2.05, 4.69) is 127 Å².